The van der Waals surface area contributed by atoms with E-state index in [1.54, 1.807) is 24.3 Å². The van der Waals surface area contributed by atoms with E-state index in [2.05, 4.69) is 10.6 Å². The second-order valence-electron chi connectivity index (χ2n) is 4.43. The van der Waals surface area contributed by atoms with Gasteiger partial charge in [0, 0.05) is 16.9 Å². The second-order valence-corrected chi connectivity index (χ2v) is 5.24. The van der Waals surface area contributed by atoms with Gasteiger partial charge in [-0.3, -0.25) is 4.79 Å². The van der Waals surface area contributed by atoms with Crippen LogP contribution in [0, 0.1) is 5.82 Å². The molecule has 6 heteroatoms. The standard InChI is InChI=1S/C14H9Cl2FN2O/c15-10-3-2-8(6-11(10)16)18-13-9-5-7(17)1-4-12(9)19-14(13)20/h1-6,13,18H,(H,19,20). The molecular formula is C14H9Cl2FN2O. The van der Waals surface area contributed by atoms with Crippen molar-refractivity contribution in [3.63, 3.8) is 0 Å². The zero-order valence-corrected chi connectivity index (χ0v) is 11.6. The second kappa shape index (κ2) is 4.96. The third kappa shape index (κ3) is 2.32. The molecule has 2 aromatic carbocycles. The van der Waals surface area contributed by atoms with Gasteiger partial charge in [-0.2, -0.15) is 0 Å². The molecule has 0 saturated heterocycles. The van der Waals surface area contributed by atoms with Crippen LogP contribution in [0.4, 0.5) is 15.8 Å². The molecule has 0 fully saturated rings. The van der Waals surface area contributed by atoms with E-state index >= 15 is 0 Å². The highest BCUT2D eigenvalue weighted by molar-refractivity contribution is 6.42. The number of amides is 1. The van der Waals surface area contributed by atoms with Gasteiger partial charge in [0.1, 0.15) is 11.9 Å². The first kappa shape index (κ1) is 13.2. The number of carbonyl (C=O) groups is 1. The van der Waals surface area contributed by atoms with E-state index in [1.807, 2.05) is 0 Å². The van der Waals surface area contributed by atoms with E-state index in [1.165, 1.54) is 12.1 Å². The fraction of sp³-hybridized carbons (Fsp3) is 0.0714. The maximum atomic E-state index is 13.3. The smallest absolute Gasteiger partial charge is 0.251 e. The molecule has 1 unspecified atom stereocenters. The van der Waals surface area contributed by atoms with Gasteiger partial charge >= 0.3 is 0 Å². The average Bonchev–Trinajstić information content (AvgIpc) is 2.70. The van der Waals surface area contributed by atoms with E-state index in [0.29, 0.717) is 27.0 Å². The van der Waals surface area contributed by atoms with E-state index in [9.17, 15) is 9.18 Å². The monoisotopic (exact) mass is 310 g/mol. The summed E-state index contributed by atoms with van der Waals surface area (Å²) < 4.78 is 13.3. The molecule has 0 bridgehead atoms. The summed E-state index contributed by atoms with van der Waals surface area (Å²) in [5, 5.41) is 6.53. The predicted molar refractivity (Wildman–Crippen MR) is 77.9 cm³/mol. The largest absolute Gasteiger partial charge is 0.370 e. The number of hydrogen-bond acceptors (Lipinski definition) is 2. The number of anilines is 2. The van der Waals surface area contributed by atoms with Gasteiger partial charge in [0.05, 0.1) is 10.0 Å². The van der Waals surface area contributed by atoms with Crippen molar-refractivity contribution < 1.29 is 9.18 Å². The minimum atomic E-state index is -0.655. The lowest BCUT2D eigenvalue weighted by atomic mass is 10.1. The van der Waals surface area contributed by atoms with Crippen LogP contribution in [0.1, 0.15) is 11.6 Å². The van der Waals surface area contributed by atoms with Gasteiger partial charge in [0.15, 0.2) is 0 Å². The SMILES string of the molecule is O=C1Nc2ccc(F)cc2C1Nc1ccc(Cl)c(Cl)c1. The van der Waals surface area contributed by atoms with Crippen LogP contribution in [-0.2, 0) is 4.79 Å². The molecule has 2 N–H and O–H groups in total. The molecule has 0 spiro atoms. The Bertz CT molecular complexity index is 706. The van der Waals surface area contributed by atoms with E-state index in [0.717, 1.165) is 0 Å². The quantitative estimate of drug-likeness (QED) is 0.871. The lowest BCUT2D eigenvalue weighted by Gasteiger charge is -2.13. The molecule has 1 aliphatic heterocycles. The van der Waals surface area contributed by atoms with Crippen LogP contribution < -0.4 is 10.6 Å². The maximum absolute atomic E-state index is 13.3. The Labute approximate surface area is 124 Å². The van der Waals surface area contributed by atoms with Gasteiger partial charge in [-0.15, -0.1) is 0 Å². The molecule has 2 aromatic rings. The van der Waals surface area contributed by atoms with E-state index < -0.39 is 6.04 Å². The Hall–Kier alpha value is -1.78. The van der Waals surface area contributed by atoms with Crippen molar-refractivity contribution in [1.29, 1.82) is 0 Å². The molecule has 3 rings (SSSR count). The summed E-state index contributed by atoms with van der Waals surface area (Å²) in [7, 11) is 0. The Kier molecular flexibility index (Phi) is 3.28. The van der Waals surface area contributed by atoms with Gasteiger partial charge in [-0.1, -0.05) is 23.2 Å². The molecule has 1 heterocycles. The molecule has 102 valence electrons. The Morgan fingerprint density at radius 3 is 2.65 bits per heavy atom. The van der Waals surface area contributed by atoms with Crippen LogP contribution >= 0.6 is 23.2 Å². The summed E-state index contributed by atoms with van der Waals surface area (Å²) >= 11 is 11.8. The summed E-state index contributed by atoms with van der Waals surface area (Å²) in [6.07, 6.45) is 0. The topological polar surface area (TPSA) is 41.1 Å². The highest BCUT2D eigenvalue weighted by Gasteiger charge is 2.30. The predicted octanol–water partition coefficient (Wildman–Crippen LogP) is 4.24. The van der Waals surface area contributed by atoms with Crippen LogP contribution in [0.25, 0.3) is 0 Å². The number of halogens is 3. The number of carbonyl (C=O) groups excluding carboxylic acids is 1. The molecule has 0 aromatic heterocycles. The van der Waals surface area contributed by atoms with Crippen LogP contribution in [0.3, 0.4) is 0 Å². The van der Waals surface area contributed by atoms with Crippen LogP contribution in [0.5, 0.6) is 0 Å². The highest BCUT2D eigenvalue weighted by Crippen LogP contribution is 2.34. The van der Waals surface area contributed by atoms with Crippen molar-refractivity contribution in [2.24, 2.45) is 0 Å². The minimum Gasteiger partial charge on any atom is -0.370 e. The van der Waals surface area contributed by atoms with Gasteiger partial charge in [-0.05, 0) is 36.4 Å². The number of nitrogens with one attached hydrogen (secondary N) is 2. The molecule has 1 amide bonds. The first-order valence-corrected chi connectivity index (χ1v) is 6.62. The molecule has 20 heavy (non-hydrogen) atoms. The van der Waals surface area contributed by atoms with Crippen LogP contribution in [-0.4, -0.2) is 5.91 Å². The fourth-order valence-corrected chi connectivity index (χ4v) is 2.43. The zero-order valence-electron chi connectivity index (χ0n) is 10.1. The van der Waals surface area contributed by atoms with Crippen molar-refractivity contribution >= 4 is 40.5 Å². The average molecular weight is 311 g/mol. The molecular weight excluding hydrogens is 302 g/mol. The summed E-state index contributed by atoms with van der Waals surface area (Å²) in [4.78, 5) is 11.9. The molecule has 0 radical (unpaired) electrons. The zero-order chi connectivity index (χ0) is 14.3. The van der Waals surface area contributed by atoms with Gasteiger partial charge in [0.2, 0.25) is 0 Å². The first-order valence-electron chi connectivity index (χ1n) is 5.86. The summed E-state index contributed by atoms with van der Waals surface area (Å²) in [5.74, 6) is -0.627. The Balaban J connectivity index is 1.93. The number of hydrogen-bond donors (Lipinski definition) is 2. The van der Waals surface area contributed by atoms with Crippen molar-refractivity contribution in [3.05, 3.63) is 57.8 Å². The first-order chi connectivity index (χ1) is 9.54. The van der Waals surface area contributed by atoms with Crippen molar-refractivity contribution in [3.8, 4) is 0 Å². The Morgan fingerprint density at radius 1 is 1.10 bits per heavy atom. The van der Waals surface area contributed by atoms with Gasteiger partial charge in [0.25, 0.3) is 5.91 Å². The van der Waals surface area contributed by atoms with Crippen LogP contribution in [0.2, 0.25) is 10.0 Å². The van der Waals surface area contributed by atoms with E-state index in [4.69, 9.17) is 23.2 Å². The molecule has 3 nitrogen and oxygen atoms in total. The van der Waals surface area contributed by atoms with Crippen molar-refractivity contribution in [2.75, 3.05) is 10.6 Å². The lowest BCUT2D eigenvalue weighted by molar-refractivity contribution is -0.116. The molecule has 0 aliphatic carbocycles. The normalized spacial score (nSPS) is 16.8. The summed E-state index contributed by atoms with van der Waals surface area (Å²) in [5.41, 5.74) is 1.81. The summed E-state index contributed by atoms with van der Waals surface area (Å²) in [6, 6.07) is 8.49. The van der Waals surface area contributed by atoms with Gasteiger partial charge in [-0.25, -0.2) is 4.39 Å². The molecule has 1 aliphatic rings. The summed E-state index contributed by atoms with van der Waals surface area (Å²) in [6.45, 7) is 0. The third-order valence-electron chi connectivity index (χ3n) is 3.08. The fourth-order valence-electron chi connectivity index (χ4n) is 2.13. The third-order valence-corrected chi connectivity index (χ3v) is 3.81. The van der Waals surface area contributed by atoms with E-state index in [-0.39, 0.29) is 11.7 Å². The minimum absolute atomic E-state index is 0.239. The highest BCUT2D eigenvalue weighted by atomic mass is 35.5. The van der Waals surface area contributed by atoms with Gasteiger partial charge < -0.3 is 10.6 Å². The number of rotatable bonds is 2. The van der Waals surface area contributed by atoms with Crippen molar-refractivity contribution in [1.82, 2.24) is 0 Å². The lowest BCUT2D eigenvalue weighted by Crippen LogP contribution is -2.19. The van der Waals surface area contributed by atoms with Crippen molar-refractivity contribution in [2.45, 2.75) is 6.04 Å². The van der Waals surface area contributed by atoms with Crippen LogP contribution in [0.15, 0.2) is 36.4 Å². The molecule has 1 atom stereocenters. The number of benzene rings is 2. The molecule has 0 saturated carbocycles. The number of fused-ring (bicyclic) bond motifs is 1. The Morgan fingerprint density at radius 2 is 1.90 bits per heavy atom. The maximum Gasteiger partial charge on any atom is 0.251 e.